The summed E-state index contributed by atoms with van der Waals surface area (Å²) in [6.07, 6.45) is 7.63. The molecule has 0 aliphatic heterocycles. The van der Waals surface area contributed by atoms with Gasteiger partial charge in [-0.05, 0) is 43.2 Å². The molecule has 0 aromatic heterocycles. The molecule has 1 N–H and O–H groups in total. The molecular formula is C12H20MgO4S. The normalized spacial score (nSPS) is 12.8. The van der Waals surface area contributed by atoms with Crippen LogP contribution in [0.1, 0.15) is 20.7 Å². The molecule has 0 aliphatic rings. The van der Waals surface area contributed by atoms with Gasteiger partial charge in [0.05, 0.1) is 11.1 Å². The van der Waals surface area contributed by atoms with Crippen molar-refractivity contribution in [2.45, 2.75) is 0 Å². The lowest BCUT2D eigenvalue weighted by molar-refractivity contribution is 0.0697. The number of benzene rings is 1. The molecule has 6 heteroatoms. The highest BCUT2D eigenvalue weighted by molar-refractivity contribution is 8.44. The number of carbonyl (C=O) groups excluding carboxylic acids is 1. The minimum atomic E-state index is -2.41. The van der Waals surface area contributed by atoms with Gasteiger partial charge in [0.15, 0.2) is 0 Å². The van der Waals surface area contributed by atoms with Crippen LogP contribution >= 0.6 is 9.44 Å². The third-order valence-electron chi connectivity index (χ3n) is 1.79. The molecule has 0 heterocycles. The Kier molecular flexibility index (Phi) is 5.28. The van der Waals surface area contributed by atoms with E-state index in [1.807, 2.05) is 25.0 Å². The van der Waals surface area contributed by atoms with Gasteiger partial charge in [-0.15, -0.1) is 0 Å². The van der Waals surface area contributed by atoms with E-state index in [0.29, 0.717) is 0 Å². The van der Waals surface area contributed by atoms with Crippen LogP contribution < -0.4 is 0 Å². The zero-order chi connectivity index (χ0) is 13.3. The molecule has 4 nitrogen and oxygen atoms in total. The minimum Gasteiger partial charge on any atom is -0.478 e. The van der Waals surface area contributed by atoms with E-state index in [-0.39, 0.29) is 34.2 Å². The van der Waals surface area contributed by atoms with Crippen LogP contribution in [0.2, 0.25) is 0 Å². The van der Waals surface area contributed by atoms with Crippen molar-refractivity contribution in [1.82, 2.24) is 0 Å². The van der Waals surface area contributed by atoms with Gasteiger partial charge in [-0.25, -0.2) is 9.59 Å². The summed E-state index contributed by atoms with van der Waals surface area (Å²) in [6.45, 7) is 0. The Labute approximate surface area is 123 Å². The Morgan fingerprint density at radius 3 is 2.06 bits per heavy atom. The summed E-state index contributed by atoms with van der Waals surface area (Å²) in [5.74, 6) is -1.53. The van der Waals surface area contributed by atoms with Crippen LogP contribution in [0.5, 0.6) is 0 Å². The maximum atomic E-state index is 11.9. The predicted octanol–water partition coefficient (Wildman–Crippen LogP) is 1.13. The molecule has 100 valence electrons. The van der Waals surface area contributed by atoms with Crippen LogP contribution in [0.3, 0.4) is 0 Å². The number of rotatable bonds is 3. The van der Waals surface area contributed by atoms with Crippen LogP contribution in [0.4, 0.5) is 0 Å². The zero-order valence-electron chi connectivity index (χ0n) is 10.4. The molecule has 0 amide bonds. The molecule has 0 radical (unpaired) electrons. The first-order chi connectivity index (χ1) is 7.55. The third-order valence-corrected chi connectivity index (χ3v) is 2.69. The first-order valence-electron chi connectivity index (χ1n) is 5.13. The van der Waals surface area contributed by atoms with E-state index in [1.54, 1.807) is 6.07 Å². The highest BCUT2D eigenvalue weighted by Gasteiger charge is 2.23. The lowest BCUT2D eigenvalue weighted by Crippen LogP contribution is -2.19. The average Bonchev–Trinajstić information content (AvgIpc) is 2.14. The molecule has 0 saturated carbocycles. The minimum absolute atomic E-state index is 0. The fourth-order valence-corrected chi connectivity index (χ4v) is 1.93. The molecular weight excluding hydrogens is 264 g/mol. The smallest absolute Gasteiger partial charge is 0.346 e. The topological polar surface area (TPSA) is 63.6 Å². The average molecular weight is 285 g/mol. The Morgan fingerprint density at radius 1 is 1.11 bits per heavy atom. The zero-order valence-corrected chi connectivity index (χ0v) is 11.3. The second kappa shape index (κ2) is 5.50. The Hall–Kier alpha value is -0.724. The highest BCUT2D eigenvalue weighted by atomic mass is 32.3. The number of hydrogen-bond acceptors (Lipinski definition) is 3. The number of aromatic carboxylic acids is 1. The van der Waals surface area contributed by atoms with Crippen molar-refractivity contribution < 1.29 is 18.9 Å². The summed E-state index contributed by atoms with van der Waals surface area (Å²) >= 11 is 0. The summed E-state index contributed by atoms with van der Waals surface area (Å²) in [5, 5.41) is 8.83. The van der Waals surface area contributed by atoms with Crippen molar-refractivity contribution in [3.63, 3.8) is 0 Å². The second-order valence-corrected chi connectivity index (χ2v) is 12.7. The van der Waals surface area contributed by atoms with E-state index in [0.717, 1.165) is 0 Å². The lowest BCUT2D eigenvalue weighted by atomic mass is 10.1. The van der Waals surface area contributed by atoms with Crippen LogP contribution in [0.15, 0.2) is 24.3 Å². The van der Waals surface area contributed by atoms with Gasteiger partial charge in [-0.3, -0.25) is 0 Å². The maximum Gasteiger partial charge on any atom is 0.346 e. The van der Waals surface area contributed by atoms with Crippen molar-refractivity contribution in [2.24, 2.45) is 0 Å². The van der Waals surface area contributed by atoms with E-state index in [9.17, 15) is 9.59 Å². The monoisotopic (exact) mass is 284 g/mol. The fraction of sp³-hybridized carbons (Fsp3) is 0.333. The molecule has 1 rings (SSSR count). The van der Waals surface area contributed by atoms with Crippen molar-refractivity contribution in [1.29, 1.82) is 0 Å². The van der Waals surface area contributed by atoms with Gasteiger partial charge in [0, 0.05) is 0 Å². The van der Waals surface area contributed by atoms with Gasteiger partial charge in [-0.1, -0.05) is 6.07 Å². The largest absolute Gasteiger partial charge is 0.478 e. The van der Waals surface area contributed by atoms with E-state index >= 15 is 0 Å². The van der Waals surface area contributed by atoms with Crippen molar-refractivity contribution in [3.05, 3.63) is 35.4 Å². The molecule has 1 aromatic carbocycles. The SMILES string of the molecule is C[SH](C)(C)(C)OC(=O)c1cccc(C(=O)O)c1.[MgH2]. The molecule has 0 aliphatic carbocycles. The van der Waals surface area contributed by atoms with E-state index in [1.165, 1.54) is 18.2 Å². The van der Waals surface area contributed by atoms with Gasteiger partial charge in [-0.2, -0.15) is 9.44 Å². The van der Waals surface area contributed by atoms with Gasteiger partial charge < -0.3 is 9.29 Å². The third kappa shape index (κ3) is 5.75. The van der Waals surface area contributed by atoms with Crippen LogP contribution in [-0.4, -0.2) is 65.1 Å². The number of carboxylic acid groups (broad SMARTS) is 1. The van der Waals surface area contributed by atoms with Gasteiger partial charge in [0.1, 0.15) is 0 Å². The molecule has 0 atom stereocenters. The van der Waals surface area contributed by atoms with Crippen LogP contribution in [0.25, 0.3) is 0 Å². The van der Waals surface area contributed by atoms with Gasteiger partial charge in [0.2, 0.25) is 0 Å². The van der Waals surface area contributed by atoms with Gasteiger partial charge >= 0.3 is 35.0 Å². The molecule has 0 saturated heterocycles. The van der Waals surface area contributed by atoms with E-state index in [2.05, 4.69) is 0 Å². The summed E-state index contributed by atoms with van der Waals surface area (Å²) in [5.41, 5.74) is 0.352. The number of carboxylic acids is 1. The van der Waals surface area contributed by atoms with Gasteiger partial charge in [0.25, 0.3) is 0 Å². The molecule has 0 bridgehead atoms. The Bertz CT molecular complexity index is 467. The summed E-state index contributed by atoms with van der Waals surface area (Å²) in [4.78, 5) is 22.6. The number of hydrogen-bond donors (Lipinski definition) is 2. The first-order valence-corrected chi connectivity index (χ1v) is 9.07. The second-order valence-electron chi connectivity index (χ2n) is 5.68. The molecule has 0 spiro atoms. The summed E-state index contributed by atoms with van der Waals surface area (Å²) in [7, 11) is -2.41. The number of carbonyl (C=O) groups is 2. The fourth-order valence-electron chi connectivity index (χ4n) is 1.16. The summed E-state index contributed by atoms with van der Waals surface area (Å²) in [6, 6.07) is 5.85. The first kappa shape index (κ1) is 17.3. The van der Waals surface area contributed by atoms with Crippen LogP contribution in [0, 0.1) is 0 Å². The van der Waals surface area contributed by atoms with Crippen molar-refractivity contribution in [2.75, 3.05) is 25.0 Å². The van der Waals surface area contributed by atoms with Crippen molar-refractivity contribution in [3.8, 4) is 0 Å². The molecule has 1 aromatic rings. The quantitative estimate of drug-likeness (QED) is 0.645. The molecule has 0 unspecified atom stereocenters. The summed E-state index contributed by atoms with van der Waals surface area (Å²) < 4.78 is 5.44. The van der Waals surface area contributed by atoms with Crippen molar-refractivity contribution >= 4 is 44.4 Å². The highest BCUT2D eigenvalue weighted by Crippen LogP contribution is 2.56. The van der Waals surface area contributed by atoms with Crippen LogP contribution in [-0.2, 0) is 4.18 Å². The molecule has 0 fully saturated rings. The van der Waals surface area contributed by atoms with E-state index in [4.69, 9.17) is 9.29 Å². The maximum absolute atomic E-state index is 11.9. The lowest BCUT2D eigenvalue weighted by Gasteiger charge is -2.46. The van der Waals surface area contributed by atoms with E-state index < -0.39 is 21.4 Å². The molecule has 18 heavy (non-hydrogen) atoms. The Morgan fingerprint density at radius 2 is 1.61 bits per heavy atom. The Balaban J connectivity index is 0.00000289. The number of thiol groups is 1. The predicted molar refractivity (Wildman–Crippen MR) is 80.0 cm³/mol. The standard InChI is InChI=1S/C12H18O4S.Mg.2H/c1-17(2,3,4)16-12(15)10-7-5-6-9(8-10)11(13)14;;;/h5-8,17H,1-4H3,(H,13,14);;;.